The molecule has 0 fully saturated rings. The van der Waals surface area contributed by atoms with Gasteiger partial charge in [0.2, 0.25) is 0 Å². The molecule has 0 saturated carbocycles. The third-order valence-electron chi connectivity index (χ3n) is 2.33. The van der Waals surface area contributed by atoms with Crippen molar-refractivity contribution in [1.82, 2.24) is 4.98 Å². The summed E-state index contributed by atoms with van der Waals surface area (Å²) in [5, 5.41) is 3.75. The first kappa shape index (κ1) is 12.1. The second-order valence-corrected chi connectivity index (χ2v) is 4.36. The maximum atomic E-state index is 13.5. The van der Waals surface area contributed by atoms with Crippen LogP contribution in [0.15, 0.2) is 30.5 Å². The summed E-state index contributed by atoms with van der Waals surface area (Å²) in [4.78, 5) is 3.88. The molecule has 0 bridgehead atoms. The van der Waals surface area contributed by atoms with Crippen LogP contribution in [0.25, 0.3) is 0 Å². The number of anilines is 2. The molecule has 0 atom stereocenters. The molecule has 0 unspecified atom stereocenters. The van der Waals surface area contributed by atoms with Crippen LogP contribution >= 0.6 is 23.2 Å². The number of hydrogen-bond donors (Lipinski definition) is 1. The second-order valence-electron chi connectivity index (χ2n) is 3.52. The standard InChI is InChI=1S/C12H9Cl2FN2/c1-7-9(14)3-2-4-11(7)17-12-10(15)5-8(13)6-16-12/h2-6H,1H3,(H,16,17). The maximum Gasteiger partial charge on any atom is 0.167 e. The van der Waals surface area contributed by atoms with Crippen molar-refractivity contribution >= 4 is 34.7 Å². The molecule has 0 radical (unpaired) electrons. The fourth-order valence-electron chi connectivity index (χ4n) is 1.38. The quantitative estimate of drug-likeness (QED) is 0.864. The van der Waals surface area contributed by atoms with Gasteiger partial charge in [0.25, 0.3) is 0 Å². The van der Waals surface area contributed by atoms with E-state index >= 15 is 0 Å². The Morgan fingerprint density at radius 1 is 1.29 bits per heavy atom. The smallest absolute Gasteiger partial charge is 0.167 e. The van der Waals surface area contributed by atoms with Gasteiger partial charge < -0.3 is 5.32 Å². The number of halogens is 3. The predicted octanol–water partition coefficient (Wildman–Crippen LogP) is 4.58. The van der Waals surface area contributed by atoms with Gasteiger partial charge in [0, 0.05) is 16.9 Å². The van der Waals surface area contributed by atoms with E-state index in [1.54, 1.807) is 18.2 Å². The van der Waals surface area contributed by atoms with Gasteiger partial charge in [-0.25, -0.2) is 9.37 Å². The lowest BCUT2D eigenvalue weighted by atomic mass is 10.2. The highest BCUT2D eigenvalue weighted by Gasteiger charge is 2.07. The Morgan fingerprint density at radius 3 is 2.76 bits per heavy atom. The molecule has 2 rings (SSSR count). The minimum Gasteiger partial charge on any atom is -0.338 e. The van der Waals surface area contributed by atoms with Crippen LogP contribution in [0.4, 0.5) is 15.9 Å². The molecule has 1 heterocycles. The van der Waals surface area contributed by atoms with Gasteiger partial charge in [0.1, 0.15) is 0 Å². The van der Waals surface area contributed by atoms with E-state index in [2.05, 4.69) is 10.3 Å². The summed E-state index contributed by atoms with van der Waals surface area (Å²) in [6.45, 7) is 1.85. The molecule has 0 aliphatic rings. The van der Waals surface area contributed by atoms with Crippen LogP contribution in [0.3, 0.4) is 0 Å². The molecule has 5 heteroatoms. The highest BCUT2D eigenvalue weighted by atomic mass is 35.5. The maximum absolute atomic E-state index is 13.5. The fraction of sp³-hybridized carbons (Fsp3) is 0.0833. The molecular weight excluding hydrogens is 262 g/mol. The number of hydrogen-bond acceptors (Lipinski definition) is 2. The molecule has 88 valence electrons. The molecule has 1 N–H and O–H groups in total. The van der Waals surface area contributed by atoms with Crippen LogP contribution in [0, 0.1) is 12.7 Å². The van der Waals surface area contributed by atoms with Crippen molar-refractivity contribution in [3.05, 3.63) is 51.9 Å². The van der Waals surface area contributed by atoms with Crippen LogP contribution < -0.4 is 5.32 Å². The van der Waals surface area contributed by atoms with E-state index in [-0.39, 0.29) is 10.8 Å². The van der Waals surface area contributed by atoms with Gasteiger partial charge in [0.05, 0.1) is 5.02 Å². The van der Waals surface area contributed by atoms with Crippen molar-refractivity contribution in [1.29, 1.82) is 0 Å². The number of rotatable bonds is 2. The molecule has 0 amide bonds. The molecule has 17 heavy (non-hydrogen) atoms. The van der Waals surface area contributed by atoms with E-state index in [1.807, 2.05) is 6.92 Å². The lowest BCUT2D eigenvalue weighted by Crippen LogP contribution is -1.98. The van der Waals surface area contributed by atoms with Gasteiger partial charge in [-0.15, -0.1) is 0 Å². The summed E-state index contributed by atoms with van der Waals surface area (Å²) in [6, 6.07) is 6.56. The van der Waals surface area contributed by atoms with Gasteiger partial charge in [-0.3, -0.25) is 0 Å². The zero-order valence-corrected chi connectivity index (χ0v) is 10.5. The average Bonchev–Trinajstić information content (AvgIpc) is 2.28. The summed E-state index contributed by atoms with van der Waals surface area (Å²) in [5.74, 6) is -0.378. The Labute approximate surface area is 108 Å². The van der Waals surface area contributed by atoms with Crippen molar-refractivity contribution in [3.63, 3.8) is 0 Å². The Kier molecular flexibility index (Phi) is 3.50. The van der Waals surface area contributed by atoms with Crippen molar-refractivity contribution in [2.75, 3.05) is 5.32 Å². The first-order valence-electron chi connectivity index (χ1n) is 4.91. The fourth-order valence-corrected chi connectivity index (χ4v) is 1.70. The lowest BCUT2D eigenvalue weighted by molar-refractivity contribution is 0.626. The molecule has 0 aliphatic heterocycles. The Balaban J connectivity index is 2.35. The first-order chi connectivity index (χ1) is 8.08. The number of nitrogens with one attached hydrogen (secondary N) is 1. The lowest BCUT2D eigenvalue weighted by Gasteiger charge is -2.10. The van der Waals surface area contributed by atoms with Crippen LogP contribution in [-0.4, -0.2) is 4.98 Å². The average molecular weight is 271 g/mol. The molecule has 0 saturated heterocycles. The number of benzene rings is 1. The van der Waals surface area contributed by atoms with Crippen LogP contribution in [0.2, 0.25) is 10.0 Å². The van der Waals surface area contributed by atoms with Gasteiger partial charge >= 0.3 is 0 Å². The summed E-state index contributed by atoms with van der Waals surface area (Å²) in [5.41, 5.74) is 1.55. The van der Waals surface area contributed by atoms with Crippen molar-refractivity contribution < 1.29 is 4.39 Å². The third kappa shape index (κ3) is 2.68. The number of nitrogens with zero attached hydrogens (tertiary/aromatic N) is 1. The van der Waals surface area contributed by atoms with E-state index in [0.29, 0.717) is 10.7 Å². The van der Waals surface area contributed by atoms with E-state index in [0.717, 1.165) is 5.56 Å². The van der Waals surface area contributed by atoms with Gasteiger partial charge in [-0.05, 0) is 30.7 Å². The zero-order valence-electron chi connectivity index (χ0n) is 8.97. The molecule has 0 aliphatic carbocycles. The summed E-state index contributed by atoms with van der Waals surface area (Å²) >= 11 is 11.6. The van der Waals surface area contributed by atoms with E-state index in [9.17, 15) is 4.39 Å². The molecule has 1 aromatic carbocycles. The molecule has 2 aromatic rings. The molecular formula is C12H9Cl2FN2. The minimum absolute atomic E-state index is 0.125. The van der Waals surface area contributed by atoms with E-state index < -0.39 is 5.82 Å². The van der Waals surface area contributed by atoms with Gasteiger partial charge in [0.15, 0.2) is 11.6 Å². The Bertz CT molecular complexity index is 558. The van der Waals surface area contributed by atoms with Crippen molar-refractivity contribution in [3.8, 4) is 0 Å². The summed E-state index contributed by atoms with van der Waals surface area (Å²) in [7, 11) is 0. The van der Waals surface area contributed by atoms with Gasteiger partial charge in [-0.2, -0.15) is 0 Å². The Morgan fingerprint density at radius 2 is 2.06 bits per heavy atom. The molecule has 2 nitrogen and oxygen atoms in total. The number of aromatic nitrogens is 1. The summed E-state index contributed by atoms with van der Waals surface area (Å²) < 4.78 is 13.5. The van der Waals surface area contributed by atoms with E-state index in [1.165, 1.54) is 12.3 Å². The number of pyridine rings is 1. The Hall–Kier alpha value is -1.32. The first-order valence-corrected chi connectivity index (χ1v) is 5.66. The second kappa shape index (κ2) is 4.90. The largest absolute Gasteiger partial charge is 0.338 e. The van der Waals surface area contributed by atoms with Gasteiger partial charge in [-0.1, -0.05) is 29.3 Å². The van der Waals surface area contributed by atoms with Crippen LogP contribution in [0.1, 0.15) is 5.56 Å². The zero-order chi connectivity index (χ0) is 12.4. The summed E-state index contributed by atoms with van der Waals surface area (Å²) in [6.07, 6.45) is 1.38. The topological polar surface area (TPSA) is 24.9 Å². The van der Waals surface area contributed by atoms with Crippen molar-refractivity contribution in [2.45, 2.75) is 6.92 Å². The van der Waals surface area contributed by atoms with Crippen molar-refractivity contribution in [2.24, 2.45) is 0 Å². The SMILES string of the molecule is Cc1c(Cl)cccc1Nc1ncc(Cl)cc1F. The normalized spacial score (nSPS) is 10.4. The minimum atomic E-state index is -0.503. The molecule has 1 aromatic heterocycles. The van der Waals surface area contributed by atoms with Crippen LogP contribution in [0.5, 0.6) is 0 Å². The highest BCUT2D eigenvalue weighted by Crippen LogP contribution is 2.26. The van der Waals surface area contributed by atoms with Crippen LogP contribution in [-0.2, 0) is 0 Å². The predicted molar refractivity (Wildman–Crippen MR) is 68.7 cm³/mol. The molecule has 0 spiro atoms. The highest BCUT2D eigenvalue weighted by molar-refractivity contribution is 6.31. The monoisotopic (exact) mass is 270 g/mol. The third-order valence-corrected chi connectivity index (χ3v) is 2.94. The van der Waals surface area contributed by atoms with E-state index in [4.69, 9.17) is 23.2 Å².